The van der Waals surface area contributed by atoms with Crippen LogP contribution in [-0.2, 0) is 4.84 Å². The van der Waals surface area contributed by atoms with E-state index in [1.54, 1.807) is 0 Å². The summed E-state index contributed by atoms with van der Waals surface area (Å²) >= 11 is 2.37. The van der Waals surface area contributed by atoms with Gasteiger partial charge in [-0.05, 0) is 13.8 Å². The summed E-state index contributed by atoms with van der Waals surface area (Å²) in [5, 5.41) is 4.31. The first kappa shape index (κ1) is 14.1. The number of thioether (sulfide) groups is 1. The van der Waals surface area contributed by atoms with Crippen LogP contribution in [0.3, 0.4) is 0 Å². The lowest BCUT2D eigenvalue weighted by atomic mass is 10.1. The van der Waals surface area contributed by atoms with Gasteiger partial charge in [-0.15, -0.1) is 11.8 Å². The highest BCUT2D eigenvalue weighted by molar-refractivity contribution is 14.1. The third kappa shape index (κ3) is 4.11. The van der Waals surface area contributed by atoms with Crippen molar-refractivity contribution in [3.63, 3.8) is 0 Å². The van der Waals surface area contributed by atoms with Crippen LogP contribution in [0.2, 0.25) is 0 Å². The molecule has 8 heteroatoms. The number of halogens is 4. The second-order valence-corrected chi connectivity index (χ2v) is 5.36. The molecule has 0 saturated carbocycles. The number of alkyl halides is 3. The maximum absolute atomic E-state index is 12.3. The van der Waals surface area contributed by atoms with Gasteiger partial charge in [0.1, 0.15) is 16.4 Å². The summed E-state index contributed by atoms with van der Waals surface area (Å²) < 4.78 is 40.2. The normalized spacial score (nSPS) is 20.6. The fourth-order valence-electron chi connectivity index (χ4n) is 0.986. The molecule has 92 valence electrons. The fourth-order valence-corrected chi connectivity index (χ4v) is 2.73. The molecule has 1 aliphatic rings. The van der Waals surface area contributed by atoms with Crippen molar-refractivity contribution < 1.29 is 18.0 Å². The van der Waals surface area contributed by atoms with Gasteiger partial charge >= 0.3 is 6.18 Å². The summed E-state index contributed by atoms with van der Waals surface area (Å²) in [5.41, 5.74) is -1.21. The Bertz CT molecular complexity index is 328. The van der Waals surface area contributed by atoms with Gasteiger partial charge in [0.15, 0.2) is 0 Å². The average Bonchev–Trinajstić information content (AvgIpc) is 2.44. The van der Waals surface area contributed by atoms with E-state index in [0.717, 1.165) is 11.8 Å². The lowest BCUT2D eigenvalue weighted by Gasteiger charge is -2.13. The average molecular weight is 366 g/mol. The van der Waals surface area contributed by atoms with E-state index in [9.17, 15) is 13.2 Å². The molecule has 0 aromatic heterocycles. The largest absolute Gasteiger partial charge is 0.430 e. The highest BCUT2D eigenvalue weighted by atomic mass is 127. The molecular weight excluding hydrogens is 356 g/mol. The second kappa shape index (κ2) is 5.11. The third-order valence-corrected chi connectivity index (χ3v) is 3.33. The summed E-state index contributed by atoms with van der Waals surface area (Å²) in [6.07, 6.45) is -3.84. The first-order valence-electron chi connectivity index (χ1n) is 4.37. The molecule has 0 aromatic carbocycles. The highest BCUT2D eigenvalue weighted by Gasteiger charge is 2.36. The van der Waals surface area contributed by atoms with E-state index < -0.39 is 17.5 Å². The summed E-state index contributed by atoms with van der Waals surface area (Å²) in [6, 6.07) is 0. The van der Waals surface area contributed by atoms with Crippen molar-refractivity contribution in [1.82, 2.24) is 0 Å². The van der Waals surface area contributed by atoms with Crippen LogP contribution in [0.5, 0.6) is 0 Å². The molecule has 0 aromatic rings. The number of hydrogen-bond acceptors (Lipinski definition) is 4. The molecule has 0 saturated heterocycles. The van der Waals surface area contributed by atoms with Gasteiger partial charge in [-0.25, -0.2) is 3.21 Å². The van der Waals surface area contributed by atoms with Crippen molar-refractivity contribution in [1.29, 1.82) is 0 Å². The Morgan fingerprint density at radius 3 is 2.62 bits per heavy atom. The monoisotopic (exact) mass is 366 g/mol. The summed E-state index contributed by atoms with van der Waals surface area (Å²) in [6.45, 7) is 3.67. The molecule has 0 amide bonds. The molecule has 0 N–H and O–H groups in total. The molecule has 0 bridgehead atoms. The van der Waals surface area contributed by atoms with Gasteiger partial charge in [-0.1, -0.05) is 5.16 Å². The lowest BCUT2D eigenvalue weighted by Crippen LogP contribution is -2.25. The quantitative estimate of drug-likeness (QED) is 0.553. The van der Waals surface area contributed by atoms with Gasteiger partial charge in [-0.2, -0.15) is 13.2 Å². The molecule has 1 aliphatic heterocycles. The summed E-state index contributed by atoms with van der Waals surface area (Å²) in [7, 11) is 0. The fraction of sp³-hybridized carbons (Fsp3) is 0.750. The predicted molar refractivity (Wildman–Crippen MR) is 67.2 cm³/mol. The topological polar surface area (TPSA) is 34.0 Å². The zero-order valence-electron chi connectivity index (χ0n) is 8.64. The number of rotatable bonds is 2. The Morgan fingerprint density at radius 2 is 2.25 bits per heavy atom. The Labute approximate surface area is 109 Å². The van der Waals surface area contributed by atoms with Gasteiger partial charge in [0.05, 0.1) is 22.9 Å². The molecule has 0 aliphatic carbocycles. The van der Waals surface area contributed by atoms with E-state index in [1.807, 2.05) is 13.8 Å². The van der Waals surface area contributed by atoms with Crippen LogP contribution in [-0.4, -0.2) is 28.3 Å². The van der Waals surface area contributed by atoms with Gasteiger partial charge < -0.3 is 4.84 Å². The zero-order chi connectivity index (χ0) is 12.4. The third-order valence-electron chi connectivity index (χ3n) is 1.78. The Hall–Kier alpha value is 0.01000. The van der Waals surface area contributed by atoms with Crippen molar-refractivity contribution >= 4 is 45.4 Å². The van der Waals surface area contributed by atoms with Crippen molar-refractivity contribution in [2.45, 2.75) is 32.0 Å². The SMILES string of the molecule is CC1(C)CC(SC/C(=N/I)C(F)(F)F)=NO1. The zero-order valence-corrected chi connectivity index (χ0v) is 11.6. The molecule has 3 nitrogen and oxygen atoms in total. The molecular formula is C8H10F3IN2OS. The van der Waals surface area contributed by atoms with Crippen LogP contribution in [0.1, 0.15) is 20.3 Å². The number of hydrogen-bond donors (Lipinski definition) is 0. The van der Waals surface area contributed by atoms with Gasteiger partial charge in [0.2, 0.25) is 0 Å². The maximum atomic E-state index is 12.3. The number of nitrogens with zero attached hydrogens (tertiary/aromatic N) is 2. The van der Waals surface area contributed by atoms with E-state index >= 15 is 0 Å². The minimum absolute atomic E-state index is 0.231. The van der Waals surface area contributed by atoms with Crippen molar-refractivity contribution in [3.05, 3.63) is 0 Å². The van der Waals surface area contributed by atoms with E-state index in [1.165, 1.54) is 22.9 Å². The Balaban J connectivity index is 2.47. The van der Waals surface area contributed by atoms with Gasteiger partial charge in [0.25, 0.3) is 0 Å². The highest BCUT2D eigenvalue weighted by Crippen LogP contribution is 2.29. The first-order chi connectivity index (χ1) is 7.24. The van der Waals surface area contributed by atoms with E-state index in [2.05, 4.69) is 8.36 Å². The first-order valence-corrected chi connectivity index (χ1v) is 6.32. The van der Waals surface area contributed by atoms with Gasteiger partial charge in [0, 0.05) is 12.2 Å². The predicted octanol–water partition coefficient (Wildman–Crippen LogP) is 3.59. The Kier molecular flexibility index (Phi) is 4.49. The van der Waals surface area contributed by atoms with E-state index in [0.29, 0.717) is 11.5 Å². The molecule has 16 heavy (non-hydrogen) atoms. The minimum atomic E-state index is -4.37. The van der Waals surface area contributed by atoms with Crippen LogP contribution >= 0.6 is 34.6 Å². The van der Waals surface area contributed by atoms with Crippen LogP contribution in [0, 0.1) is 0 Å². The molecule has 0 radical (unpaired) electrons. The van der Waals surface area contributed by atoms with Gasteiger partial charge in [-0.3, -0.25) is 0 Å². The maximum Gasteiger partial charge on any atom is 0.430 e. The van der Waals surface area contributed by atoms with Crippen molar-refractivity contribution in [2.75, 3.05) is 5.75 Å². The van der Waals surface area contributed by atoms with Crippen molar-refractivity contribution in [3.8, 4) is 0 Å². The molecule has 0 fully saturated rings. The minimum Gasteiger partial charge on any atom is -0.389 e. The standard InChI is InChI=1S/C8H10F3IN2OS/c1-7(2)3-6(14-15-7)16-4-5(13-12)8(9,10)11/h3-4H2,1-2H3/b13-5-. The summed E-state index contributed by atoms with van der Waals surface area (Å²) in [4.78, 5) is 5.05. The number of oxime groups is 1. The smallest absolute Gasteiger partial charge is 0.389 e. The van der Waals surface area contributed by atoms with Crippen LogP contribution in [0.4, 0.5) is 13.2 Å². The molecule has 1 rings (SSSR count). The molecule has 1 heterocycles. The Morgan fingerprint density at radius 1 is 1.62 bits per heavy atom. The lowest BCUT2D eigenvalue weighted by molar-refractivity contribution is -0.0585. The molecule has 0 spiro atoms. The van der Waals surface area contributed by atoms with Crippen LogP contribution in [0.25, 0.3) is 0 Å². The summed E-state index contributed by atoms with van der Waals surface area (Å²) in [5.74, 6) is -0.231. The van der Waals surface area contributed by atoms with Crippen molar-refractivity contribution in [2.24, 2.45) is 8.36 Å². The van der Waals surface area contributed by atoms with Crippen LogP contribution in [0.15, 0.2) is 8.36 Å². The van der Waals surface area contributed by atoms with Crippen LogP contribution < -0.4 is 0 Å². The second-order valence-electron chi connectivity index (χ2n) is 3.83. The van der Waals surface area contributed by atoms with E-state index in [-0.39, 0.29) is 5.75 Å². The molecule has 0 unspecified atom stereocenters. The van der Waals surface area contributed by atoms with E-state index in [4.69, 9.17) is 4.84 Å². The molecule has 0 atom stereocenters.